The van der Waals surface area contributed by atoms with Crippen molar-refractivity contribution in [1.82, 2.24) is 15.3 Å². The van der Waals surface area contributed by atoms with E-state index in [0.29, 0.717) is 13.0 Å². The Labute approximate surface area is 110 Å². The molecular formula is C10H20N4O5. The van der Waals surface area contributed by atoms with E-state index in [1.807, 2.05) is 0 Å². The lowest BCUT2D eigenvalue weighted by Gasteiger charge is -2.32. The summed E-state index contributed by atoms with van der Waals surface area (Å²) in [5.74, 6) is -3.90. The molecule has 1 saturated heterocycles. The summed E-state index contributed by atoms with van der Waals surface area (Å²) >= 11 is 0. The van der Waals surface area contributed by atoms with E-state index >= 15 is 0 Å². The van der Waals surface area contributed by atoms with Crippen molar-refractivity contribution in [1.29, 1.82) is 0 Å². The van der Waals surface area contributed by atoms with E-state index in [9.17, 15) is 4.79 Å². The minimum Gasteiger partial charge on any atom is -0.473 e. The number of rotatable bonds is 4. The van der Waals surface area contributed by atoms with Crippen LogP contribution in [0.5, 0.6) is 0 Å². The van der Waals surface area contributed by atoms with Gasteiger partial charge in [-0.2, -0.15) is 0 Å². The van der Waals surface area contributed by atoms with E-state index in [4.69, 9.17) is 25.5 Å². The number of hydrogen-bond acceptors (Lipinski definition) is 6. The van der Waals surface area contributed by atoms with E-state index in [2.05, 4.69) is 22.4 Å². The largest absolute Gasteiger partial charge is 0.473 e. The maximum atomic E-state index is 10.4. The number of nitrogens with one attached hydrogen (secondary N) is 1. The lowest BCUT2D eigenvalue weighted by molar-refractivity contribution is -0.159. The zero-order valence-electron chi connectivity index (χ0n) is 10.8. The third-order valence-corrected chi connectivity index (χ3v) is 2.39. The topological polar surface area (TPSA) is 136 Å². The molecule has 0 saturated carbocycles. The summed E-state index contributed by atoms with van der Waals surface area (Å²) in [6.45, 7) is 4.82. The van der Waals surface area contributed by atoms with Gasteiger partial charge in [0, 0.05) is 39.1 Å². The molecule has 9 nitrogen and oxygen atoms in total. The third kappa shape index (κ3) is 9.94. The number of amides is 1. The lowest BCUT2D eigenvalue weighted by Crippen LogP contribution is -2.51. The number of carbonyl (C=O) groups is 3. The predicted molar refractivity (Wildman–Crippen MR) is 66.2 cm³/mol. The highest BCUT2D eigenvalue weighted by molar-refractivity contribution is 6.27. The second-order valence-corrected chi connectivity index (χ2v) is 4.03. The van der Waals surface area contributed by atoms with Crippen LogP contribution in [-0.2, 0) is 14.4 Å². The maximum absolute atomic E-state index is 10.4. The fraction of sp³-hybridized carbons (Fsp3) is 0.700. The number of carbonyl (C=O) groups excluding carboxylic acids is 1. The summed E-state index contributed by atoms with van der Waals surface area (Å²) in [6, 6.07) is 0. The van der Waals surface area contributed by atoms with Crippen molar-refractivity contribution in [2.45, 2.75) is 6.42 Å². The maximum Gasteiger partial charge on any atom is 0.414 e. The Balaban J connectivity index is 0.000000459. The number of carboxylic acids is 2. The molecule has 0 atom stereocenters. The molecule has 19 heavy (non-hydrogen) atoms. The first-order valence-electron chi connectivity index (χ1n) is 5.74. The molecule has 1 rings (SSSR count). The first-order chi connectivity index (χ1) is 8.82. The molecule has 1 heterocycles. The Bertz CT molecular complexity index is 303. The van der Waals surface area contributed by atoms with E-state index in [0.717, 1.165) is 26.2 Å². The van der Waals surface area contributed by atoms with Crippen molar-refractivity contribution in [3.05, 3.63) is 0 Å². The molecule has 1 aliphatic rings. The number of piperazine rings is 1. The molecule has 0 unspecified atom stereocenters. The van der Waals surface area contributed by atoms with Crippen molar-refractivity contribution in [3.63, 3.8) is 0 Å². The Morgan fingerprint density at radius 3 is 1.95 bits per heavy atom. The average Bonchev–Trinajstić information content (AvgIpc) is 2.32. The fourth-order valence-corrected chi connectivity index (χ4v) is 1.30. The van der Waals surface area contributed by atoms with Gasteiger partial charge >= 0.3 is 11.9 Å². The van der Waals surface area contributed by atoms with Crippen LogP contribution in [0.25, 0.3) is 0 Å². The second kappa shape index (κ2) is 9.25. The smallest absolute Gasteiger partial charge is 0.414 e. The van der Waals surface area contributed by atoms with Crippen LogP contribution in [0.4, 0.5) is 0 Å². The summed E-state index contributed by atoms with van der Waals surface area (Å²) in [5, 5.41) is 16.9. The Morgan fingerprint density at radius 2 is 1.58 bits per heavy atom. The molecule has 0 radical (unpaired) electrons. The zero-order chi connectivity index (χ0) is 14.8. The molecule has 0 aromatic rings. The molecule has 0 aromatic carbocycles. The first-order valence-corrected chi connectivity index (χ1v) is 5.74. The van der Waals surface area contributed by atoms with Crippen LogP contribution in [0, 0.1) is 0 Å². The fourth-order valence-electron chi connectivity index (χ4n) is 1.30. The monoisotopic (exact) mass is 276 g/mol. The van der Waals surface area contributed by atoms with Gasteiger partial charge in [-0.3, -0.25) is 10.2 Å². The van der Waals surface area contributed by atoms with Crippen molar-refractivity contribution in [2.24, 2.45) is 5.73 Å². The van der Waals surface area contributed by atoms with Gasteiger partial charge in [0.1, 0.15) is 0 Å². The average molecular weight is 276 g/mol. The predicted octanol–water partition coefficient (Wildman–Crippen LogP) is -2.23. The minimum absolute atomic E-state index is 0.248. The number of primary amides is 1. The van der Waals surface area contributed by atoms with Gasteiger partial charge in [0.2, 0.25) is 5.91 Å². The van der Waals surface area contributed by atoms with Gasteiger partial charge in [0.15, 0.2) is 0 Å². The molecular weight excluding hydrogens is 256 g/mol. The van der Waals surface area contributed by atoms with E-state index in [1.165, 1.54) is 0 Å². The Hall–Kier alpha value is -1.71. The summed E-state index contributed by atoms with van der Waals surface area (Å²) in [4.78, 5) is 30.9. The van der Waals surface area contributed by atoms with Gasteiger partial charge in [0.05, 0.1) is 0 Å². The van der Waals surface area contributed by atoms with E-state index in [-0.39, 0.29) is 5.91 Å². The van der Waals surface area contributed by atoms with Crippen LogP contribution in [0.3, 0.4) is 0 Å². The molecule has 0 aliphatic carbocycles. The van der Waals surface area contributed by atoms with Gasteiger partial charge in [-0.25, -0.2) is 14.6 Å². The summed E-state index contributed by atoms with van der Waals surface area (Å²) in [7, 11) is 2.11. The molecule has 5 N–H and O–H groups in total. The van der Waals surface area contributed by atoms with Crippen molar-refractivity contribution >= 4 is 17.8 Å². The molecule has 110 valence electrons. The lowest BCUT2D eigenvalue weighted by atomic mass is 10.4. The molecule has 9 heteroatoms. The first kappa shape index (κ1) is 17.3. The summed E-state index contributed by atoms with van der Waals surface area (Å²) in [5.41, 5.74) is 8.20. The van der Waals surface area contributed by atoms with Crippen LogP contribution >= 0.6 is 0 Å². The molecule has 1 aliphatic heterocycles. The molecule has 1 fully saturated rings. The quantitative estimate of drug-likeness (QED) is 0.423. The number of aliphatic carboxylic acids is 2. The standard InChI is InChI=1S/C8H18N4O.C2H2O4/c1-11-4-6-12(7-5-11)10-3-2-8(9)13;3-1(4)2(5)6/h10H,2-7H2,1H3,(H2,9,13);(H,3,4)(H,5,6). The van der Waals surface area contributed by atoms with Gasteiger partial charge < -0.3 is 20.8 Å². The normalized spacial score (nSPS) is 16.3. The highest BCUT2D eigenvalue weighted by atomic mass is 16.4. The molecule has 0 aromatic heterocycles. The van der Waals surface area contributed by atoms with Gasteiger partial charge in [-0.15, -0.1) is 0 Å². The zero-order valence-corrected chi connectivity index (χ0v) is 10.8. The van der Waals surface area contributed by atoms with Crippen LogP contribution in [0.2, 0.25) is 0 Å². The number of hydrazine groups is 1. The Kier molecular flexibility index (Phi) is 8.42. The van der Waals surface area contributed by atoms with Crippen molar-refractivity contribution in [2.75, 3.05) is 39.8 Å². The van der Waals surface area contributed by atoms with Gasteiger partial charge in [0.25, 0.3) is 0 Å². The highest BCUT2D eigenvalue weighted by Gasteiger charge is 2.12. The van der Waals surface area contributed by atoms with Crippen molar-refractivity contribution < 1.29 is 24.6 Å². The number of likely N-dealkylation sites (N-methyl/N-ethyl adjacent to an activating group) is 1. The minimum atomic E-state index is -1.82. The van der Waals surface area contributed by atoms with Crippen LogP contribution in [-0.4, -0.2) is 77.7 Å². The summed E-state index contributed by atoms with van der Waals surface area (Å²) in [6.07, 6.45) is 0.409. The summed E-state index contributed by atoms with van der Waals surface area (Å²) < 4.78 is 0. The molecule has 0 spiro atoms. The molecule has 1 amide bonds. The number of nitrogens with two attached hydrogens (primary N) is 1. The SMILES string of the molecule is CN1CCN(NCCC(N)=O)CC1.O=C(O)C(=O)O. The van der Waals surface area contributed by atoms with Crippen LogP contribution in [0.1, 0.15) is 6.42 Å². The van der Waals surface area contributed by atoms with Gasteiger partial charge in [-0.1, -0.05) is 0 Å². The molecule has 0 bridgehead atoms. The highest BCUT2D eigenvalue weighted by Crippen LogP contribution is 1.94. The van der Waals surface area contributed by atoms with Gasteiger partial charge in [-0.05, 0) is 7.05 Å². The number of nitrogens with zero attached hydrogens (tertiary/aromatic N) is 2. The van der Waals surface area contributed by atoms with E-state index in [1.54, 1.807) is 0 Å². The Morgan fingerprint density at radius 1 is 1.11 bits per heavy atom. The number of carboxylic acid groups (broad SMARTS) is 2. The van der Waals surface area contributed by atoms with Crippen LogP contribution in [0.15, 0.2) is 0 Å². The van der Waals surface area contributed by atoms with Crippen molar-refractivity contribution in [3.8, 4) is 0 Å². The van der Waals surface area contributed by atoms with Crippen LogP contribution < -0.4 is 11.2 Å². The number of hydrogen-bond donors (Lipinski definition) is 4. The second-order valence-electron chi connectivity index (χ2n) is 4.03. The van der Waals surface area contributed by atoms with E-state index < -0.39 is 11.9 Å². The third-order valence-electron chi connectivity index (χ3n) is 2.39.